The van der Waals surface area contributed by atoms with Gasteiger partial charge in [0.05, 0.1) is 0 Å². The minimum absolute atomic E-state index is 0.160. The molecule has 58 heavy (non-hydrogen) atoms. The van der Waals surface area contributed by atoms with E-state index in [2.05, 4.69) is 36.7 Å². The molecule has 0 radical (unpaired) electrons. The van der Waals surface area contributed by atoms with Crippen LogP contribution in [0.15, 0.2) is 0 Å². The number of amides is 3. The van der Waals surface area contributed by atoms with Gasteiger partial charge in [-0.2, -0.15) is 0 Å². The predicted molar refractivity (Wildman–Crippen MR) is 253 cm³/mol. The van der Waals surface area contributed by atoms with Crippen molar-refractivity contribution in [2.75, 3.05) is 19.6 Å². The smallest absolute Gasteiger partial charge is 0.220 e. The lowest BCUT2D eigenvalue weighted by Gasteiger charge is -2.17. The molecule has 0 unspecified atom stereocenters. The number of nitrogens with one attached hydrogen (secondary N) is 3. The summed E-state index contributed by atoms with van der Waals surface area (Å²) in [5.41, 5.74) is 0. The van der Waals surface area contributed by atoms with Crippen LogP contribution in [0.2, 0.25) is 0 Å². The summed E-state index contributed by atoms with van der Waals surface area (Å²) in [5.74, 6) is 0.878. The molecule has 3 amide bonds. The minimum Gasteiger partial charge on any atom is -0.356 e. The van der Waals surface area contributed by atoms with Gasteiger partial charge < -0.3 is 16.0 Å². The molecular formula is C52H103N3O3. The fraction of sp³-hybridized carbons (Fsp3) is 0.942. The van der Waals surface area contributed by atoms with Gasteiger partial charge in [-0.1, -0.05) is 233 Å². The van der Waals surface area contributed by atoms with Gasteiger partial charge in [0.15, 0.2) is 0 Å². The predicted octanol–water partition coefficient (Wildman–Crippen LogP) is 15.4. The van der Waals surface area contributed by atoms with Crippen LogP contribution in [0, 0.1) is 5.92 Å². The molecular weight excluding hydrogens is 715 g/mol. The molecule has 0 aliphatic heterocycles. The third kappa shape index (κ3) is 45.5. The van der Waals surface area contributed by atoms with Crippen LogP contribution in [0.1, 0.15) is 290 Å². The van der Waals surface area contributed by atoms with Crippen molar-refractivity contribution in [1.29, 1.82) is 0 Å². The Bertz CT molecular complexity index is 821. The summed E-state index contributed by atoms with van der Waals surface area (Å²) in [6.45, 7) is 9.19. The van der Waals surface area contributed by atoms with Crippen molar-refractivity contribution in [2.24, 2.45) is 5.92 Å². The van der Waals surface area contributed by atoms with Crippen molar-refractivity contribution in [1.82, 2.24) is 16.0 Å². The largest absolute Gasteiger partial charge is 0.356 e. The molecule has 6 nitrogen and oxygen atoms in total. The fourth-order valence-electron chi connectivity index (χ4n) is 8.32. The zero-order chi connectivity index (χ0) is 42.3. The lowest BCUT2D eigenvalue weighted by Crippen LogP contribution is -2.26. The van der Waals surface area contributed by atoms with Gasteiger partial charge in [0.1, 0.15) is 0 Å². The first kappa shape index (κ1) is 56.4. The summed E-state index contributed by atoms with van der Waals surface area (Å²) in [6.07, 6.45) is 50.9. The summed E-state index contributed by atoms with van der Waals surface area (Å²) in [7, 11) is 0. The summed E-state index contributed by atoms with van der Waals surface area (Å²) >= 11 is 0. The van der Waals surface area contributed by atoms with Gasteiger partial charge in [-0.3, -0.25) is 14.4 Å². The SMILES string of the molecule is CCCCCCCCCCCCCNC(=O)CCCCCC(CCC(=O)NCCCCCCCCCCCCC)CCC(=O)NCCCCCCCCCCCCC. The molecule has 0 atom stereocenters. The van der Waals surface area contributed by atoms with E-state index in [1.54, 1.807) is 0 Å². The van der Waals surface area contributed by atoms with E-state index < -0.39 is 0 Å². The van der Waals surface area contributed by atoms with Crippen molar-refractivity contribution in [2.45, 2.75) is 290 Å². The maximum Gasteiger partial charge on any atom is 0.220 e. The second-order valence-corrected chi connectivity index (χ2v) is 18.2. The third-order valence-corrected chi connectivity index (χ3v) is 12.4. The second-order valence-electron chi connectivity index (χ2n) is 18.2. The van der Waals surface area contributed by atoms with E-state index in [1.165, 1.54) is 193 Å². The third-order valence-electron chi connectivity index (χ3n) is 12.4. The Hall–Kier alpha value is -1.59. The Labute approximate surface area is 362 Å². The van der Waals surface area contributed by atoms with E-state index in [9.17, 15) is 14.4 Å². The highest BCUT2D eigenvalue weighted by atomic mass is 16.2. The summed E-state index contributed by atoms with van der Waals surface area (Å²) in [5, 5.41) is 9.48. The van der Waals surface area contributed by atoms with Gasteiger partial charge in [0, 0.05) is 38.9 Å². The van der Waals surface area contributed by atoms with Crippen molar-refractivity contribution in [3.63, 3.8) is 0 Å². The molecule has 0 aromatic carbocycles. The maximum atomic E-state index is 12.8. The van der Waals surface area contributed by atoms with Crippen LogP contribution in [-0.2, 0) is 14.4 Å². The summed E-state index contributed by atoms with van der Waals surface area (Å²) in [4.78, 5) is 37.9. The van der Waals surface area contributed by atoms with Crippen LogP contribution >= 0.6 is 0 Å². The Morgan fingerprint density at radius 1 is 0.276 bits per heavy atom. The number of unbranched alkanes of at least 4 members (excludes halogenated alkanes) is 32. The van der Waals surface area contributed by atoms with Crippen molar-refractivity contribution >= 4 is 17.7 Å². The van der Waals surface area contributed by atoms with Gasteiger partial charge in [-0.25, -0.2) is 0 Å². The van der Waals surface area contributed by atoms with Crippen LogP contribution in [-0.4, -0.2) is 37.4 Å². The van der Waals surface area contributed by atoms with Crippen LogP contribution < -0.4 is 16.0 Å². The number of carbonyl (C=O) groups excluding carboxylic acids is 3. The Morgan fingerprint density at radius 3 is 0.810 bits per heavy atom. The second kappa shape index (κ2) is 48.1. The first-order valence-electron chi connectivity index (χ1n) is 26.3. The molecule has 0 aliphatic rings. The topological polar surface area (TPSA) is 87.3 Å². The molecule has 3 N–H and O–H groups in total. The maximum absolute atomic E-state index is 12.8. The van der Waals surface area contributed by atoms with Gasteiger partial charge in [0.2, 0.25) is 17.7 Å². The highest BCUT2D eigenvalue weighted by molar-refractivity contribution is 5.76. The first-order chi connectivity index (χ1) is 28.5. The zero-order valence-corrected chi connectivity index (χ0v) is 39.6. The molecule has 0 fully saturated rings. The molecule has 0 saturated carbocycles. The lowest BCUT2D eigenvalue weighted by molar-refractivity contribution is -0.122. The Balaban J connectivity index is 4.27. The number of rotatable bonds is 48. The minimum atomic E-state index is 0.160. The van der Waals surface area contributed by atoms with Crippen LogP contribution in [0.5, 0.6) is 0 Å². The lowest BCUT2D eigenvalue weighted by atomic mass is 9.91. The molecule has 0 rings (SSSR count). The van der Waals surface area contributed by atoms with Crippen molar-refractivity contribution in [3.8, 4) is 0 Å². The number of hydrogen-bond donors (Lipinski definition) is 3. The highest BCUT2D eigenvalue weighted by Gasteiger charge is 2.14. The molecule has 0 bridgehead atoms. The molecule has 344 valence electrons. The molecule has 0 spiro atoms. The molecule has 0 saturated heterocycles. The van der Waals surface area contributed by atoms with Gasteiger partial charge in [-0.15, -0.1) is 0 Å². The normalized spacial score (nSPS) is 11.4. The quantitative estimate of drug-likeness (QED) is 0.0535. The van der Waals surface area contributed by atoms with E-state index in [0.29, 0.717) is 25.2 Å². The van der Waals surface area contributed by atoms with Crippen LogP contribution in [0.25, 0.3) is 0 Å². The van der Waals surface area contributed by atoms with E-state index in [1.807, 2.05) is 0 Å². The van der Waals surface area contributed by atoms with E-state index in [-0.39, 0.29) is 17.7 Å². The summed E-state index contributed by atoms with van der Waals surface area (Å²) in [6, 6.07) is 0. The number of hydrogen-bond acceptors (Lipinski definition) is 3. The van der Waals surface area contributed by atoms with Gasteiger partial charge in [-0.05, 0) is 44.4 Å². The first-order valence-corrected chi connectivity index (χ1v) is 26.3. The number of carbonyl (C=O) groups is 3. The molecule has 6 heteroatoms. The standard InChI is InChI=1S/C52H103N3O3/c1-4-7-10-13-16-19-22-25-28-31-37-46-53-50(56)41-36-34-35-40-49(42-44-51(57)54-47-38-32-29-26-23-20-17-14-11-8-5-2)43-45-52(58)55-48-39-33-30-27-24-21-18-15-12-9-6-3/h49H,4-48H2,1-3H3,(H,53,56)(H,54,57)(H,55,58). The van der Waals surface area contributed by atoms with Crippen molar-refractivity contribution in [3.05, 3.63) is 0 Å². The van der Waals surface area contributed by atoms with Crippen LogP contribution in [0.3, 0.4) is 0 Å². The summed E-state index contributed by atoms with van der Waals surface area (Å²) < 4.78 is 0. The highest BCUT2D eigenvalue weighted by Crippen LogP contribution is 2.22. The Morgan fingerprint density at radius 2 is 0.517 bits per heavy atom. The monoisotopic (exact) mass is 818 g/mol. The zero-order valence-electron chi connectivity index (χ0n) is 39.6. The van der Waals surface area contributed by atoms with Gasteiger partial charge >= 0.3 is 0 Å². The van der Waals surface area contributed by atoms with Gasteiger partial charge in [0.25, 0.3) is 0 Å². The Kier molecular flexibility index (Phi) is 46.8. The van der Waals surface area contributed by atoms with E-state index in [0.717, 1.165) is 77.4 Å². The molecule has 0 heterocycles. The molecule has 0 aliphatic carbocycles. The average molecular weight is 818 g/mol. The molecule has 0 aromatic rings. The average Bonchev–Trinajstić information content (AvgIpc) is 3.22. The fourth-order valence-corrected chi connectivity index (χ4v) is 8.32. The van der Waals surface area contributed by atoms with E-state index >= 15 is 0 Å². The molecule has 0 aromatic heterocycles. The van der Waals surface area contributed by atoms with Crippen LogP contribution in [0.4, 0.5) is 0 Å². The van der Waals surface area contributed by atoms with Crippen molar-refractivity contribution < 1.29 is 14.4 Å². The van der Waals surface area contributed by atoms with E-state index in [4.69, 9.17) is 0 Å².